The third-order valence-corrected chi connectivity index (χ3v) is 3.73. The molecule has 0 fully saturated rings. The summed E-state index contributed by atoms with van der Waals surface area (Å²) in [6, 6.07) is 27.4. The topological polar surface area (TPSA) is 32.6 Å². The van der Waals surface area contributed by atoms with E-state index in [1.54, 1.807) is 0 Å². The van der Waals surface area contributed by atoms with Gasteiger partial charge in [-0.25, -0.2) is 4.99 Å². The highest BCUT2D eigenvalue weighted by Crippen LogP contribution is 2.23. The van der Waals surface area contributed by atoms with Crippen molar-refractivity contribution in [1.29, 1.82) is 0 Å². The Labute approximate surface area is 136 Å². The van der Waals surface area contributed by atoms with Gasteiger partial charge in [-0.2, -0.15) is 0 Å². The van der Waals surface area contributed by atoms with Crippen molar-refractivity contribution < 1.29 is 5.11 Å². The molecule has 1 N–H and O–H groups in total. The van der Waals surface area contributed by atoms with Gasteiger partial charge in [-0.1, -0.05) is 78.4 Å². The monoisotopic (exact) mass is 301 g/mol. The van der Waals surface area contributed by atoms with Crippen LogP contribution in [-0.4, -0.2) is 10.8 Å². The molecule has 0 aliphatic heterocycles. The van der Waals surface area contributed by atoms with E-state index in [9.17, 15) is 5.11 Å². The largest absolute Gasteiger partial charge is 0.382 e. The highest BCUT2D eigenvalue weighted by molar-refractivity contribution is 6.05. The number of nitrogens with zero attached hydrogens (tertiary/aromatic N) is 1. The maximum absolute atomic E-state index is 10.8. The number of aryl methyl sites for hydroxylation is 1. The van der Waals surface area contributed by atoms with Gasteiger partial charge in [0.15, 0.2) is 0 Å². The number of rotatable bonds is 4. The number of hydrogen-bond donors (Lipinski definition) is 1. The number of aliphatic hydroxyl groups is 1. The Hall–Kier alpha value is -2.71. The summed E-state index contributed by atoms with van der Waals surface area (Å²) in [6.07, 6.45) is -0.764. The van der Waals surface area contributed by atoms with E-state index in [0.717, 1.165) is 16.8 Å². The van der Waals surface area contributed by atoms with Crippen molar-refractivity contribution in [1.82, 2.24) is 0 Å². The van der Waals surface area contributed by atoms with Crippen LogP contribution in [0, 0.1) is 6.92 Å². The zero-order valence-corrected chi connectivity index (χ0v) is 13.1. The van der Waals surface area contributed by atoms with Gasteiger partial charge in [0.05, 0.1) is 11.4 Å². The van der Waals surface area contributed by atoms with Gasteiger partial charge in [0, 0.05) is 0 Å². The highest BCUT2D eigenvalue weighted by Gasteiger charge is 2.17. The van der Waals surface area contributed by atoms with Crippen LogP contribution in [0.4, 0.5) is 5.69 Å². The van der Waals surface area contributed by atoms with E-state index < -0.39 is 6.10 Å². The molecule has 3 aromatic rings. The van der Waals surface area contributed by atoms with Gasteiger partial charge in [0.1, 0.15) is 6.10 Å². The van der Waals surface area contributed by atoms with Crippen molar-refractivity contribution in [2.45, 2.75) is 13.0 Å². The molecular formula is C21H19NO. The molecule has 0 aliphatic rings. The molecule has 3 rings (SSSR count). The van der Waals surface area contributed by atoms with Gasteiger partial charge in [0.2, 0.25) is 0 Å². The van der Waals surface area contributed by atoms with Gasteiger partial charge < -0.3 is 5.11 Å². The Kier molecular flexibility index (Phi) is 4.65. The Morgan fingerprint density at radius 1 is 0.783 bits per heavy atom. The molecule has 0 saturated carbocycles. The first-order valence-corrected chi connectivity index (χ1v) is 7.68. The maximum atomic E-state index is 10.8. The summed E-state index contributed by atoms with van der Waals surface area (Å²) in [5.41, 5.74) is 4.44. The van der Waals surface area contributed by atoms with Gasteiger partial charge in [0.25, 0.3) is 0 Å². The Bertz CT molecular complexity index is 777. The summed E-state index contributed by atoms with van der Waals surface area (Å²) in [7, 11) is 0. The van der Waals surface area contributed by atoms with Crippen LogP contribution >= 0.6 is 0 Å². The Morgan fingerprint density at radius 2 is 1.35 bits per heavy atom. The average molecular weight is 301 g/mol. The molecule has 0 heterocycles. The molecule has 2 nitrogen and oxygen atoms in total. The molecule has 0 radical (unpaired) electrons. The van der Waals surface area contributed by atoms with Crippen LogP contribution in [0.3, 0.4) is 0 Å². The molecule has 23 heavy (non-hydrogen) atoms. The van der Waals surface area contributed by atoms with E-state index in [2.05, 4.69) is 0 Å². The van der Waals surface area contributed by atoms with E-state index in [1.165, 1.54) is 5.56 Å². The van der Waals surface area contributed by atoms with Gasteiger partial charge in [-0.3, -0.25) is 0 Å². The van der Waals surface area contributed by atoms with E-state index in [4.69, 9.17) is 4.99 Å². The second-order valence-corrected chi connectivity index (χ2v) is 5.51. The van der Waals surface area contributed by atoms with Crippen molar-refractivity contribution in [2.75, 3.05) is 0 Å². The summed E-state index contributed by atoms with van der Waals surface area (Å²) >= 11 is 0. The molecule has 0 amide bonds. The lowest BCUT2D eigenvalue weighted by Crippen LogP contribution is -2.13. The summed E-state index contributed by atoms with van der Waals surface area (Å²) in [6.45, 7) is 2.05. The first-order valence-electron chi connectivity index (χ1n) is 7.68. The lowest BCUT2D eigenvalue weighted by atomic mass is 9.99. The molecule has 114 valence electrons. The predicted molar refractivity (Wildman–Crippen MR) is 95.2 cm³/mol. The molecule has 2 heteroatoms. The van der Waals surface area contributed by atoms with Crippen LogP contribution in [0.2, 0.25) is 0 Å². The minimum absolute atomic E-state index is 0.653. The SMILES string of the molecule is Cc1ccc(N=C(c2ccccc2)C(O)c2ccccc2)cc1. The quantitative estimate of drug-likeness (QED) is 0.686. The molecule has 0 aromatic heterocycles. The highest BCUT2D eigenvalue weighted by atomic mass is 16.3. The van der Waals surface area contributed by atoms with Gasteiger partial charge in [-0.15, -0.1) is 0 Å². The molecule has 1 atom stereocenters. The normalized spacial score (nSPS) is 12.9. The number of aliphatic imine (C=N–C) groups is 1. The van der Waals surface area contributed by atoms with E-state index in [0.29, 0.717) is 5.71 Å². The summed E-state index contributed by atoms with van der Waals surface area (Å²) in [5.74, 6) is 0. The lowest BCUT2D eigenvalue weighted by Gasteiger charge is -2.15. The predicted octanol–water partition coefficient (Wildman–Crippen LogP) is 4.85. The second-order valence-electron chi connectivity index (χ2n) is 5.51. The second kappa shape index (κ2) is 7.03. The molecule has 0 aliphatic carbocycles. The van der Waals surface area contributed by atoms with Gasteiger partial charge >= 0.3 is 0 Å². The lowest BCUT2D eigenvalue weighted by molar-refractivity contribution is 0.248. The molecule has 0 spiro atoms. The van der Waals surface area contributed by atoms with E-state index in [1.807, 2.05) is 91.9 Å². The van der Waals surface area contributed by atoms with E-state index >= 15 is 0 Å². The van der Waals surface area contributed by atoms with Crippen LogP contribution in [0.1, 0.15) is 22.8 Å². The fourth-order valence-electron chi connectivity index (χ4n) is 2.44. The molecule has 0 bridgehead atoms. The molecule has 1 unspecified atom stereocenters. The summed E-state index contributed by atoms with van der Waals surface area (Å²) in [4.78, 5) is 4.71. The summed E-state index contributed by atoms with van der Waals surface area (Å²) in [5, 5.41) is 10.8. The van der Waals surface area contributed by atoms with Crippen LogP contribution in [0.25, 0.3) is 0 Å². The van der Waals surface area contributed by atoms with E-state index in [-0.39, 0.29) is 0 Å². The minimum atomic E-state index is -0.764. The summed E-state index contributed by atoms with van der Waals surface area (Å²) < 4.78 is 0. The van der Waals surface area contributed by atoms with Crippen LogP contribution < -0.4 is 0 Å². The fourth-order valence-corrected chi connectivity index (χ4v) is 2.44. The molecule has 0 saturated heterocycles. The average Bonchev–Trinajstić information content (AvgIpc) is 2.62. The zero-order valence-electron chi connectivity index (χ0n) is 13.1. The zero-order chi connectivity index (χ0) is 16.1. The first kappa shape index (κ1) is 15.2. The standard InChI is InChI=1S/C21H19NO/c1-16-12-14-19(15-13-16)22-20(17-8-4-2-5-9-17)21(23)18-10-6-3-7-11-18/h2-15,21,23H,1H3. The van der Waals surface area contributed by atoms with Gasteiger partial charge in [-0.05, 0) is 30.2 Å². The van der Waals surface area contributed by atoms with Crippen LogP contribution in [0.15, 0.2) is 89.9 Å². The smallest absolute Gasteiger partial charge is 0.122 e. The van der Waals surface area contributed by atoms with Crippen LogP contribution in [0.5, 0.6) is 0 Å². The van der Waals surface area contributed by atoms with Crippen molar-refractivity contribution in [2.24, 2.45) is 4.99 Å². The van der Waals surface area contributed by atoms with Crippen LogP contribution in [-0.2, 0) is 0 Å². The minimum Gasteiger partial charge on any atom is -0.382 e. The Balaban J connectivity index is 2.05. The fraction of sp³-hybridized carbons (Fsp3) is 0.0952. The molecular weight excluding hydrogens is 282 g/mol. The van der Waals surface area contributed by atoms with Crippen molar-refractivity contribution in [3.05, 3.63) is 102 Å². The number of benzene rings is 3. The Morgan fingerprint density at radius 3 is 1.96 bits per heavy atom. The van der Waals surface area contributed by atoms with Crippen molar-refractivity contribution in [3.8, 4) is 0 Å². The third-order valence-electron chi connectivity index (χ3n) is 3.73. The number of aliphatic hydroxyl groups excluding tert-OH is 1. The molecule has 3 aromatic carbocycles. The maximum Gasteiger partial charge on any atom is 0.122 e. The van der Waals surface area contributed by atoms with Crippen molar-refractivity contribution in [3.63, 3.8) is 0 Å². The first-order chi connectivity index (χ1) is 11.2. The van der Waals surface area contributed by atoms with Crippen molar-refractivity contribution >= 4 is 11.4 Å². The number of hydrogen-bond acceptors (Lipinski definition) is 2. The third kappa shape index (κ3) is 3.74.